The zero-order chi connectivity index (χ0) is 14.4. The number of rotatable bonds is 7. The Labute approximate surface area is 119 Å². The van der Waals surface area contributed by atoms with E-state index in [1.165, 1.54) is 0 Å². The molecule has 2 aromatic rings. The van der Waals surface area contributed by atoms with Crippen LogP contribution in [0.5, 0.6) is 0 Å². The maximum atomic E-state index is 9.74. The van der Waals surface area contributed by atoms with Gasteiger partial charge in [0.2, 0.25) is 0 Å². The van der Waals surface area contributed by atoms with Crippen molar-refractivity contribution in [2.24, 2.45) is 0 Å². The lowest BCUT2D eigenvalue weighted by Gasteiger charge is -2.20. The molecular weight excluding hydrogens is 254 g/mol. The Hall–Kier alpha value is -1.69. The van der Waals surface area contributed by atoms with E-state index in [0.717, 1.165) is 23.4 Å². The van der Waals surface area contributed by atoms with Crippen LogP contribution in [0.25, 0.3) is 11.3 Å². The fourth-order valence-electron chi connectivity index (χ4n) is 2.25. The summed E-state index contributed by atoms with van der Waals surface area (Å²) in [4.78, 5) is 2.06. The largest absolute Gasteiger partial charge is 0.389 e. The summed E-state index contributed by atoms with van der Waals surface area (Å²) in [6, 6.07) is 10.1. The van der Waals surface area contributed by atoms with Gasteiger partial charge in [0.05, 0.1) is 24.6 Å². The molecule has 0 aliphatic heterocycles. The summed E-state index contributed by atoms with van der Waals surface area (Å²) < 4.78 is 4.94. The third-order valence-electron chi connectivity index (χ3n) is 3.10. The number of aromatic amines is 1. The van der Waals surface area contributed by atoms with Crippen molar-refractivity contribution in [1.82, 2.24) is 15.1 Å². The summed E-state index contributed by atoms with van der Waals surface area (Å²) in [5.74, 6) is 0. The van der Waals surface area contributed by atoms with E-state index in [9.17, 15) is 5.11 Å². The highest BCUT2D eigenvalue weighted by Crippen LogP contribution is 2.21. The number of likely N-dealkylation sites (N-methyl/N-ethyl adjacent to an activating group) is 1. The summed E-state index contributed by atoms with van der Waals surface area (Å²) in [6.07, 6.45) is 1.36. The molecule has 2 rings (SSSR count). The number of ether oxygens (including phenoxy) is 1. The van der Waals surface area contributed by atoms with E-state index in [4.69, 9.17) is 4.74 Å². The minimum absolute atomic E-state index is 0.348. The normalized spacial score (nSPS) is 12.8. The molecule has 0 amide bonds. The Morgan fingerprint density at radius 3 is 2.80 bits per heavy atom. The number of methoxy groups -OCH3 is 1. The van der Waals surface area contributed by atoms with Crippen LogP contribution in [0.2, 0.25) is 0 Å². The SMILES string of the molecule is COCC(O)CN(C)Cc1cn[nH]c1-c1ccccc1. The van der Waals surface area contributed by atoms with Crippen molar-refractivity contribution in [3.63, 3.8) is 0 Å². The fourth-order valence-corrected chi connectivity index (χ4v) is 2.25. The highest BCUT2D eigenvalue weighted by molar-refractivity contribution is 5.62. The van der Waals surface area contributed by atoms with Gasteiger partial charge in [0.1, 0.15) is 0 Å². The second-order valence-corrected chi connectivity index (χ2v) is 4.94. The molecule has 0 spiro atoms. The molecule has 108 valence electrons. The molecule has 1 aromatic heterocycles. The molecule has 0 fully saturated rings. The second-order valence-electron chi connectivity index (χ2n) is 4.94. The third kappa shape index (κ3) is 3.90. The average molecular weight is 275 g/mol. The first-order chi connectivity index (χ1) is 9.70. The molecule has 0 saturated heterocycles. The van der Waals surface area contributed by atoms with Gasteiger partial charge in [0, 0.05) is 25.8 Å². The van der Waals surface area contributed by atoms with Crippen molar-refractivity contribution >= 4 is 0 Å². The van der Waals surface area contributed by atoms with Crippen molar-refractivity contribution in [1.29, 1.82) is 0 Å². The van der Waals surface area contributed by atoms with Crippen molar-refractivity contribution in [3.8, 4) is 11.3 Å². The molecule has 0 radical (unpaired) electrons. The Balaban J connectivity index is 2.02. The monoisotopic (exact) mass is 275 g/mol. The molecule has 0 aliphatic carbocycles. The summed E-state index contributed by atoms with van der Waals surface area (Å²) >= 11 is 0. The molecule has 1 aromatic carbocycles. The van der Waals surface area contributed by atoms with Gasteiger partial charge in [-0.2, -0.15) is 5.10 Å². The van der Waals surface area contributed by atoms with Crippen LogP contribution >= 0.6 is 0 Å². The fraction of sp³-hybridized carbons (Fsp3) is 0.400. The number of benzene rings is 1. The average Bonchev–Trinajstić information content (AvgIpc) is 2.87. The van der Waals surface area contributed by atoms with Crippen LogP contribution in [0.15, 0.2) is 36.5 Å². The van der Waals surface area contributed by atoms with Gasteiger partial charge in [0.25, 0.3) is 0 Å². The highest BCUT2D eigenvalue weighted by atomic mass is 16.5. The molecule has 20 heavy (non-hydrogen) atoms. The minimum Gasteiger partial charge on any atom is -0.389 e. The third-order valence-corrected chi connectivity index (χ3v) is 3.10. The first kappa shape index (κ1) is 14.7. The lowest BCUT2D eigenvalue weighted by atomic mass is 10.1. The number of aromatic nitrogens is 2. The topological polar surface area (TPSA) is 61.4 Å². The van der Waals surface area contributed by atoms with E-state index < -0.39 is 6.10 Å². The zero-order valence-corrected chi connectivity index (χ0v) is 11.9. The van der Waals surface area contributed by atoms with Gasteiger partial charge in [-0.1, -0.05) is 30.3 Å². The van der Waals surface area contributed by atoms with Gasteiger partial charge in [0.15, 0.2) is 0 Å². The number of hydrogen-bond acceptors (Lipinski definition) is 4. The van der Waals surface area contributed by atoms with Crippen molar-refractivity contribution < 1.29 is 9.84 Å². The van der Waals surface area contributed by atoms with Crippen LogP contribution in [0, 0.1) is 0 Å². The predicted octanol–water partition coefficient (Wildman–Crippen LogP) is 1.52. The summed E-state index contributed by atoms with van der Waals surface area (Å²) in [6.45, 7) is 1.63. The number of nitrogens with zero attached hydrogens (tertiary/aromatic N) is 2. The summed E-state index contributed by atoms with van der Waals surface area (Å²) in [7, 11) is 3.56. The number of nitrogens with one attached hydrogen (secondary N) is 1. The molecule has 0 bridgehead atoms. The molecule has 1 unspecified atom stereocenters. The molecule has 2 N–H and O–H groups in total. The maximum absolute atomic E-state index is 9.74. The quantitative estimate of drug-likeness (QED) is 0.804. The van der Waals surface area contributed by atoms with Gasteiger partial charge in [-0.25, -0.2) is 0 Å². The van der Waals surface area contributed by atoms with Gasteiger partial charge >= 0.3 is 0 Å². The molecule has 1 atom stereocenters. The molecule has 1 heterocycles. The smallest absolute Gasteiger partial charge is 0.0900 e. The van der Waals surface area contributed by atoms with Gasteiger partial charge in [-0.05, 0) is 12.6 Å². The standard InChI is InChI=1S/C15H21N3O2/c1-18(10-14(19)11-20-2)9-13-8-16-17-15(13)12-6-4-3-5-7-12/h3-8,14,19H,9-11H2,1-2H3,(H,16,17). The van der Waals surface area contributed by atoms with Crippen LogP contribution in [-0.2, 0) is 11.3 Å². The Kier molecular flexibility index (Phi) is 5.29. The van der Waals surface area contributed by atoms with Gasteiger partial charge in [-0.15, -0.1) is 0 Å². The number of H-pyrrole nitrogens is 1. The lowest BCUT2D eigenvalue weighted by molar-refractivity contribution is 0.0419. The van der Waals surface area contributed by atoms with E-state index in [2.05, 4.69) is 27.2 Å². The Morgan fingerprint density at radius 1 is 1.35 bits per heavy atom. The van der Waals surface area contributed by atoms with Crippen LogP contribution in [0.1, 0.15) is 5.56 Å². The number of aliphatic hydroxyl groups excluding tert-OH is 1. The van der Waals surface area contributed by atoms with E-state index in [1.807, 2.05) is 31.4 Å². The number of aliphatic hydroxyl groups is 1. The van der Waals surface area contributed by atoms with Crippen LogP contribution in [0.3, 0.4) is 0 Å². The second kappa shape index (κ2) is 7.19. The van der Waals surface area contributed by atoms with Crippen LogP contribution in [-0.4, -0.2) is 53.6 Å². The van der Waals surface area contributed by atoms with E-state index >= 15 is 0 Å². The highest BCUT2D eigenvalue weighted by Gasteiger charge is 2.12. The van der Waals surface area contributed by atoms with E-state index in [1.54, 1.807) is 7.11 Å². The van der Waals surface area contributed by atoms with Crippen LogP contribution in [0.4, 0.5) is 0 Å². The minimum atomic E-state index is -0.475. The first-order valence-electron chi connectivity index (χ1n) is 6.64. The molecule has 5 heteroatoms. The number of hydrogen-bond donors (Lipinski definition) is 2. The molecule has 0 saturated carbocycles. The first-order valence-corrected chi connectivity index (χ1v) is 6.64. The van der Waals surface area contributed by atoms with Crippen molar-refractivity contribution in [2.45, 2.75) is 12.6 Å². The van der Waals surface area contributed by atoms with Crippen molar-refractivity contribution in [3.05, 3.63) is 42.1 Å². The van der Waals surface area contributed by atoms with E-state index in [-0.39, 0.29) is 0 Å². The molecular formula is C15H21N3O2. The Bertz CT molecular complexity index is 513. The van der Waals surface area contributed by atoms with Gasteiger partial charge < -0.3 is 9.84 Å². The summed E-state index contributed by atoms with van der Waals surface area (Å²) in [5, 5.41) is 16.9. The molecule has 5 nitrogen and oxygen atoms in total. The Morgan fingerprint density at radius 2 is 2.10 bits per heavy atom. The zero-order valence-electron chi connectivity index (χ0n) is 11.9. The van der Waals surface area contributed by atoms with E-state index in [0.29, 0.717) is 13.2 Å². The lowest BCUT2D eigenvalue weighted by Crippen LogP contribution is -2.31. The molecule has 0 aliphatic rings. The van der Waals surface area contributed by atoms with Crippen molar-refractivity contribution in [2.75, 3.05) is 27.3 Å². The van der Waals surface area contributed by atoms with Gasteiger partial charge in [-0.3, -0.25) is 10.00 Å². The summed E-state index contributed by atoms with van der Waals surface area (Å²) in [5.41, 5.74) is 3.26. The predicted molar refractivity (Wildman–Crippen MR) is 78.2 cm³/mol. The van der Waals surface area contributed by atoms with Crippen LogP contribution < -0.4 is 0 Å². The maximum Gasteiger partial charge on any atom is 0.0900 e.